The van der Waals surface area contributed by atoms with Crippen molar-refractivity contribution in [2.24, 2.45) is 5.73 Å². The van der Waals surface area contributed by atoms with Crippen LogP contribution in [0, 0.1) is 0 Å². The summed E-state index contributed by atoms with van der Waals surface area (Å²) in [5, 5.41) is 18.9. The van der Waals surface area contributed by atoms with Crippen molar-refractivity contribution in [3.63, 3.8) is 0 Å². The summed E-state index contributed by atoms with van der Waals surface area (Å²) in [6, 6.07) is 8.94. The number of halogens is 4. The van der Waals surface area contributed by atoms with Gasteiger partial charge in [0.1, 0.15) is 12.6 Å². The summed E-state index contributed by atoms with van der Waals surface area (Å²) in [5.74, 6) is -1.82. The lowest BCUT2D eigenvalue weighted by Crippen LogP contribution is -2.44. The Balaban J connectivity index is 1.24. The number of likely N-dealkylation sites (tertiary alicyclic amines) is 1. The van der Waals surface area contributed by atoms with Gasteiger partial charge in [-0.2, -0.15) is 28.5 Å². The quantitative estimate of drug-likeness (QED) is 0.199. The third-order valence-electron chi connectivity index (χ3n) is 7.10. The number of hydrogen-bond acceptors (Lipinski definition) is 8. The Bertz CT molecular complexity index is 1890. The number of primary amides is 1. The lowest BCUT2D eigenvalue weighted by Gasteiger charge is -2.23. The Morgan fingerprint density at radius 2 is 1.88 bits per heavy atom. The Morgan fingerprint density at radius 1 is 1.07 bits per heavy atom. The Kier molecular flexibility index (Phi) is 7.23. The zero-order chi connectivity index (χ0) is 30.5. The van der Waals surface area contributed by atoms with E-state index >= 15 is 0 Å². The molecule has 2 atom stereocenters. The molecule has 2 unspecified atom stereocenters. The molecular weight excluding hydrogens is 684 g/mol. The first-order chi connectivity index (χ1) is 20.5. The fourth-order valence-corrected chi connectivity index (χ4v) is 5.96. The molecule has 3 amide bonds. The zero-order valence-corrected chi connectivity index (χ0v) is 24.0. The van der Waals surface area contributed by atoms with Gasteiger partial charge < -0.3 is 20.5 Å². The summed E-state index contributed by atoms with van der Waals surface area (Å²) in [7, 11) is 0. The standard InChI is InChI=1S/C27H20F3IN8O4/c28-27(29,30)15-2-3-17-21(8-15)43-37-25(17)35-26(42)20-9-16(31)11-38(20)22(40)12-39-19-4-1-13(14-5-6-33-34-10-14)7-18(19)23(36-39)24(32)41/h1-8,10,16,20H,9,11-12H2,(H2,32,41)(H,35,37,42). The summed E-state index contributed by atoms with van der Waals surface area (Å²) in [4.78, 5) is 40.5. The molecule has 0 spiro atoms. The number of hydrogen-bond donors (Lipinski definition) is 2. The van der Waals surface area contributed by atoms with Crippen molar-refractivity contribution in [1.82, 2.24) is 30.0 Å². The smallest absolute Gasteiger partial charge is 0.364 e. The van der Waals surface area contributed by atoms with Gasteiger partial charge in [0.05, 0.1) is 28.9 Å². The SMILES string of the molecule is NC(=O)c1nn(CC(=O)N2CC(I)CC2C(=O)Nc2noc3cc(C(F)(F)F)ccc23)c2ccc(-c3ccnnc3)cc12. The van der Waals surface area contributed by atoms with Crippen molar-refractivity contribution in [2.75, 3.05) is 11.9 Å². The summed E-state index contributed by atoms with van der Waals surface area (Å²) >= 11 is 2.14. The number of nitrogens with two attached hydrogens (primary N) is 1. The van der Waals surface area contributed by atoms with Gasteiger partial charge in [-0.3, -0.25) is 19.1 Å². The van der Waals surface area contributed by atoms with Crippen molar-refractivity contribution in [2.45, 2.75) is 29.1 Å². The van der Waals surface area contributed by atoms with E-state index in [0.717, 1.165) is 23.3 Å². The Morgan fingerprint density at radius 3 is 2.60 bits per heavy atom. The molecule has 1 aliphatic heterocycles. The van der Waals surface area contributed by atoms with Gasteiger partial charge in [0.15, 0.2) is 17.1 Å². The summed E-state index contributed by atoms with van der Waals surface area (Å²) in [6.07, 6.45) is -1.13. The van der Waals surface area contributed by atoms with Crippen molar-refractivity contribution >= 4 is 68.0 Å². The van der Waals surface area contributed by atoms with Crippen LogP contribution in [-0.4, -0.2) is 64.3 Å². The predicted octanol–water partition coefficient (Wildman–Crippen LogP) is 3.80. The van der Waals surface area contributed by atoms with E-state index in [-0.39, 0.29) is 39.5 Å². The van der Waals surface area contributed by atoms with Gasteiger partial charge in [-0.15, -0.1) is 0 Å². The molecule has 12 nitrogen and oxygen atoms in total. The van der Waals surface area contributed by atoms with E-state index in [4.69, 9.17) is 10.3 Å². The van der Waals surface area contributed by atoms with Crippen molar-refractivity contribution in [3.8, 4) is 11.1 Å². The van der Waals surface area contributed by atoms with Crippen LogP contribution >= 0.6 is 22.6 Å². The first-order valence-electron chi connectivity index (χ1n) is 12.8. The number of aromatic nitrogens is 5. The molecule has 220 valence electrons. The number of benzene rings is 2. The summed E-state index contributed by atoms with van der Waals surface area (Å²) < 4.78 is 45.5. The molecule has 3 N–H and O–H groups in total. The second kappa shape index (κ2) is 10.9. The van der Waals surface area contributed by atoms with E-state index in [1.165, 1.54) is 21.8 Å². The molecular formula is C27H20F3IN8O4. The largest absolute Gasteiger partial charge is 0.416 e. The Labute approximate surface area is 253 Å². The molecule has 0 bridgehead atoms. The predicted molar refractivity (Wildman–Crippen MR) is 155 cm³/mol. The van der Waals surface area contributed by atoms with Crippen molar-refractivity contribution in [3.05, 3.63) is 66.1 Å². The van der Waals surface area contributed by atoms with E-state index < -0.39 is 35.5 Å². The lowest BCUT2D eigenvalue weighted by atomic mass is 10.0. The molecule has 16 heteroatoms. The second-order valence-corrected chi connectivity index (χ2v) is 11.6. The second-order valence-electron chi connectivity index (χ2n) is 9.86. The normalized spacial score (nSPS) is 17.1. The topological polar surface area (TPSA) is 162 Å². The van der Waals surface area contributed by atoms with E-state index in [0.29, 0.717) is 17.3 Å². The molecule has 0 saturated carbocycles. The van der Waals surface area contributed by atoms with Crippen LogP contribution in [0.2, 0.25) is 0 Å². The van der Waals surface area contributed by atoms with Crippen LogP contribution in [0.25, 0.3) is 33.0 Å². The highest BCUT2D eigenvalue weighted by molar-refractivity contribution is 14.1. The fourth-order valence-electron chi connectivity index (χ4n) is 5.05. The number of rotatable bonds is 6. The number of anilines is 1. The van der Waals surface area contributed by atoms with Crippen LogP contribution < -0.4 is 11.1 Å². The minimum absolute atomic E-state index is 0.0132. The highest BCUT2D eigenvalue weighted by atomic mass is 127. The fraction of sp³-hybridized carbons (Fsp3) is 0.222. The van der Waals surface area contributed by atoms with Gasteiger partial charge in [0.25, 0.3) is 5.91 Å². The maximum atomic E-state index is 13.5. The average Bonchev–Trinajstić information content (AvgIpc) is 3.68. The average molecular weight is 704 g/mol. The maximum Gasteiger partial charge on any atom is 0.416 e. The number of fused-ring (bicyclic) bond motifs is 2. The van der Waals surface area contributed by atoms with E-state index in [2.05, 4.69) is 48.4 Å². The number of nitrogens with zero attached hydrogens (tertiary/aromatic N) is 6. The molecule has 2 aromatic carbocycles. The van der Waals surface area contributed by atoms with E-state index in [9.17, 15) is 27.6 Å². The highest BCUT2D eigenvalue weighted by Gasteiger charge is 2.39. The van der Waals surface area contributed by atoms with Gasteiger partial charge >= 0.3 is 6.18 Å². The highest BCUT2D eigenvalue weighted by Crippen LogP contribution is 2.34. The van der Waals surface area contributed by atoms with Gasteiger partial charge in [0, 0.05) is 21.4 Å². The van der Waals surface area contributed by atoms with Crippen LogP contribution in [0.5, 0.6) is 0 Å². The third-order valence-corrected chi connectivity index (χ3v) is 8.00. The maximum absolute atomic E-state index is 13.5. The minimum atomic E-state index is -4.57. The molecule has 5 aromatic rings. The van der Waals surface area contributed by atoms with Crippen LogP contribution in [0.15, 0.2) is 59.4 Å². The molecule has 43 heavy (non-hydrogen) atoms. The van der Waals surface area contributed by atoms with Crippen LogP contribution in [0.3, 0.4) is 0 Å². The molecule has 0 radical (unpaired) electrons. The van der Waals surface area contributed by atoms with Crippen LogP contribution in [0.1, 0.15) is 22.5 Å². The molecule has 1 fully saturated rings. The molecule has 3 aromatic heterocycles. The number of alkyl halides is 4. The number of carbonyl (C=O) groups is 3. The van der Waals surface area contributed by atoms with Crippen LogP contribution in [0.4, 0.5) is 19.0 Å². The Hall–Kier alpha value is -4.61. The monoisotopic (exact) mass is 704 g/mol. The van der Waals surface area contributed by atoms with E-state index in [1.807, 2.05) is 0 Å². The molecule has 6 rings (SSSR count). The molecule has 0 aliphatic carbocycles. The zero-order valence-electron chi connectivity index (χ0n) is 21.9. The van der Waals surface area contributed by atoms with E-state index in [1.54, 1.807) is 30.5 Å². The first kappa shape index (κ1) is 28.5. The summed E-state index contributed by atoms with van der Waals surface area (Å²) in [6.45, 7) is -0.00670. The van der Waals surface area contributed by atoms with Gasteiger partial charge in [-0.1, -0.05) is 33.8 Å². The van der Waals surface area contributed by atoms with Gasteiger partial charge in [-0.25, -0.2) is 0 Å². The molecule has 1 saturated heterocycles. The third kappa shape index (κ3) is 5.49. The van der Waals surface area contributed by atoms with Gasteiger partial charge in [-0.05, 0) is 48.4 Å². The van der Waals surface area contributed by atoms with Crippen molar-refractivity contribution < 1.29 is 32.1 Å². The molecule has 1 aliphatic rings. The first-order valence-corrected chi connectivity index (χ1v) is 14.0. The summed E-state index contributed by atoms with van der Waals surface area (Å²) in [5.41, 5.74) is 6.52. The lowest BCUT2D eigenvalue weighted by molar-refractivity contribution is -0.137. The number of carbonyl (C=O) groups excluding carboxylic acids is 3. The van der Waals surface area contributed by atoms with Crippen molar-refractivity contribution in [1.29, 1.82) is 0 Å². The van der Waals surface area contributed by atoms with Gasteiger partial charge in [0.2, 0.25) is 11.8 Å². The molecule has 4 heterocycles. The number of nitrogens with one attached hydrogen (secondary N) is 1. The van der Waals surface area contributed by atoms with Crippen LogP contribution in [-0.2, 0) is 22.3 Å². The minimum Gasteiger partial charge on any atom is -0.364 e. The number of amides is 3.